The Kier molecular flexibility index (Phi) is 3.75. The quantitative estimate of drug-likeness (QED) is 0.769. The number of alkyl halides is 3. The second-order valence-corrected chi connectivity index (χ2v) is 5.46. The summed E-state index contributed by atoms with van der Waals surface area (Å²) in [5, 5.41) is -0.117. The SMILES string of the molecule is Cn1cc(C=CS(=O)(=O)C(F)(F)F)c(=O)n(C)c1=O. The molecule has 0 aromatic carbocycles. The van der Waals surface area contributed by atoms with E-state index < -0.39 is 26.6 Å². The number of aromatic nitrogens is 2. The molecule has 6 nitrogen and oxygen atoms in total. The zero-order valence-corrected chi connectivity index (χ0v) is 10.6. The second kappa shape index (κ2) is 4.68. The van der Waals surface area contributed by atoms with Gasteiger partial charge >= 0.3 is 11.2 Å². The molecule has 0 radical (unpaired) electrons. The molecule has 0 bridgehead atoms. The summed E-state index contributed by atoms with van der Waals surface area (Å²) < 4.78 is 59.4. The van der Waals surface area contributed by atoms with E-state index in [1.165, 1.54) is 7.05 Å². The molecule has 1 aromatic heterocycles. The average Bonchev–Trinajstić information content (AvgIpc) is 2.28. The molecule has 10 heteroatoms. The highest BCUT2D eigenvalue weighted by Crippen LogP contribution is 2.24. The minimum atomic E-state index is -5.46. The Morgan fingerprint density at radius 2 is 1.74 bits per heavy atom. The number of rotatable bonds is 2. The summed E-state index contributed by atoms with van der Waals surface area (Å²) in [7, 11) is -3.06. The second-order valence-electron chi connectivity index (χ2n) is 3.64. The molecule has 0 aliphatic rings. The molecule has 0 aliphatic heterocycles. The lowest BCUT2D eigenvalue weighted by Gasteiger charge is -2.04. The molecule has 0 saturated carbocycles. The summed E-state index contributed by atoms with van der Waals surface area (Å²) in [6.45, 7) is 0. The van der Waals surface area contributed by atoms with Crippen molar-refractivity contribution in [3.05, 3.63) is 38.0 Å². The van der Waals surface area contributed by atoms with Crippen LogP contribution in [0.2, 0.25) is 0 Å². The first-order valence-corrected chi connectivity index (χ1v) is 6.28. The summed E-state index contributed by atoms with van der Waals surface area (Å²) in [4.78, 5) is 22.8. The molecule has 19 heavy (non-hydrogen) atoms. The van der Waals surface area contributed by atoms with Crippen LogP contribution in [-0.2, 0) is 23.9 Å². The number of hydrogen-bond donors (Lipinski definition) is 0. The van der Waals surface area contributed by atoms with Crippen molar-refractivity contribution in [1.82, 2.24) is 9.13 Å². The van der Waals surface area contributed by atoms with E-state index in [4.69, 9.17) is 0 Å². The molecular formula is C9H9F3N2O4S. The van der Waals surface area contributed by atoms with Crippen molar-refractivity contribution in [2.75, 3.05) is 0 Å². The van der Waals surface area contributed by atoms with Gasteiger partial charge in [-0.15, -0.1) is 0 Å². The summed E-state index contributed by atoms with van der Waals surface area (Å²) >= 11 is 0. The van der Waals surface area contributed by atoms with Crippen LogP contribution >= 0.6 is 0 Å². The van der Waals surface area contributed by atoms with Crippen molar-refractivity contribution in [3.8, 4) is 0 Å². The van der Waals surface area contributed by atoms with Crippen LogP contribution in [0.4, 0.5) is 13.2 Å². The van der Waals surface area contributed by atoms with E-state index in [1.54, 1.807) is 0 Å². The smallest absolute Gasteiger partial charge is 0.303 e. The molecule has 0 amide bonds. The summed E-state index contributed by atoms with van der Waals surface area (Å²) in [5.41, 5.74) is -7.36. The van der Waals surface area contributed by atoms with E-state index in [1.807, 2.05) is 0 Å². The van der Waals surface area contributed by atoms with Crippen molar-refractivity contribution < 1.29 is 21.6 Å². The highest BCUT2D eigenvalue weighted by Gasteiger charge is 2.43. The standard InChI is InChI=1S/C9H9F3N2O4S/c1-13-5-6(7(15)14(2)8(13)16)3-4-19(17,18)9(10,11)12/h3-5H,1-2H3. The topological polar surface area (TPSA) is 78.1 Å². The molecule has 0 N–H and O–H groups in total. The van der Waals surface area contributed by atoms with E-state index >= 15 is 0 Å². The van der Waals surface area contributed by atoms with Crippen LogP contribution in [0, 0.1) is 0 Å². The van der Waals surface area contributed by atoms with Crippen LogP contribution in [0.15, 0.2) is 21.2 Å². The minimum Gasteiger partial charge on any atom is -0.303 e. The van der Waals surface area contributed by atoms with Gasteiger partial charge < -0.3 is 4.57 Å². The maximum atomic E-state index is 12.1. The predicted octanol–water partition coefficient (Wildman–Crippen LogP) is -0.0107. The van der Waals surface area contributed by atoms with Crippen LogP contribution in [-0.4, -0.2) is 23.1 Å². The molecule has 1 rings (SSSR count). The molecule has 0 atom stereocenters. The Morgan fingerprint density at radius 1 is 1.21 bits per heavy atom. The number of nitrogens with zero attached hydrogens (tertiary/aromatic N) is 2. The maximum Gasteiger partial charge on any atom is 0.501 e. The lowest BCUT2D eigenvalue weighted by molar-refractivity contribution is -0.0423. The van der Waals surface area contributed by atoms with Crippen LogP contribution < -0.4 is 11.2 Å². The van der Waals surface area contributed by atoms with Gasteiger partial charge in [-0.25, -0.2) is 13.2 Å². The first-order chi connectivity index (χ1) is 8.47. The zero-order valence-electron chi connectivity index (χ0n) is 9.80. The van der Waals surface area contributed by atoms with Gasteiger partial charge in [0.05, 0.1) is 5.56 Å². The van der Waals surface area contributed by atoms with Crippen molar-refractivity contribution in [3.63, 3.8) is 0 Å². The zero-order chi connectivity index (χ0) is 15.0. The van der Waals surface area contributed by atoms with Crippen molar-refractivity contribution in [2.24, 2.45) is 14.1 Å². The van der Waals surface area contributed by atoms with Gasteiger partial charge in [0.25, 0.3) is 15.4 Å². The monoisotopic (exact) mass is 298 g/mol. The number of aryl methyl sites for hydroxylation is 1. The third kappa shape index (κ3) is 2.95. The highest BCUT2D eigenvalue weighted by atomic mass is 32.2. The molecule has 0 spiro atoms. The summed E-state index contributed by atoms with van der Waals surface area (Å²) in [6, 6.07) is 0. The van der Waals surface area contributed by atoms with Gasteiger partial charge in [-0.2, -0.15) is 13.2 Å². The van der Waals surface area contributed by atoms with Crippen molar-refractivity contribution in [2.45, 2.75) is 5.51 Å². The average molecular weight is 298 g/mol. The van der Waals surface area contributed by atoms with Gasteiger partial charge in [0.2, 0.25) is 0 Å². The number of halogens is 3. The normalized spacial score (nSPS) is 13.1. The van der Waals surface area contributed by atoms with E-state index in [0.29, 0.717) is 10.6 Å². The Bertz CT molecular complexity index is 740. The Labute approximate surface area is 105 Å². The van der Waals surface area contributed by atoms with Crippen LogP contribution in [0.25, 0.3) is 6.08 Å². The molecule has 0 unspecified atom stereocenters. The van der Waals surface area contributed by atoms with Gasteiger partial charge in [0.1, 0.15) is 0 Å². The number of sulfone groups is 1. The Morgan fingerprint density at radius 3 is 2.21 bits per heavy atom. The third-order valence-corrected chi connectivity index (χ3v) is 3.36. The fraction of sp³-hybridized carbons (Fsp3) is 0.333. The first kappa shape index (κ1) is 15.2. The fourth-order valence-corrected chi connectivity index (χ4v) is 1.67. The van der Waals surface area contributed by atoms with E-state index in [2.05, 4.69) is 0 Å². The number of hydrogen-bond acceptors (Lipinski definition) is 4. The molecule has 0 aliphatic carbocycles. The molecule has 0 fully saturated rings. The largest absolute Gasteiger partial charge is 0.501 e. The molecule has 1 aromatic rings. The highest BCUT2D eigenvalue weighted by molar-refractivity contribution is 7.95. The maximum absolute atomic E-state index is 12.1. The predicted molar refractivity (Wildman–Crippen MR) is 60.9 cm³/mol. The Balaban J connectivity index is 3.38. The first-order valence-electron chi connectivity index (χ1n) is 4.73. The van der Waals surface area contributed by atoms with Crippen molar-refractivity contribution in [1.29, 1.82) is 0 Å². The van der Waals surface area contributed by atoms with Gasteiger partial charge in [-0.05, 0) is 6.08 Å². The van der Waals surface area contributed by atoms with Crippen LogP contribution in [0.3, 0.4) is 0 Å². The van der Waals surface area contributed by atoms with Gasteiger partial charge in [-0.1, -0.05) is 0 Å². The summed E-state index contributed by atoms with van der Waals surface area (Å²) in [5.74, 6) is 0. The summed E-state index contributed by atoms with van der Waals surface area (Å²) in [6.07, 6.45) is 1.46. The lowest BCUT2D eigenvalue weighted by Crippen LogP contribution is -2.37. The van der Waals surface area contributed by atoms with Crippen LogP contribution in [0.1, 0.15) is 5.56 Å². The lowest BCUT2D eigenvalue weighted by atomic mass is 10.3. The third-order valence-electron chi connectivity index (χ3n) is 2.22. The molecule has 0 saturated heterocycles. The van der Waals surface area contributed by atoms with Crippen molar-refractivity contribution >= 4 is 15.9 Å². The van der Waals surface area contributed by atoms with E-state index in [-0.39, 0.29) is 11.0 Å². The minimum absolute atomic E-state index is 0.117. The Hall–Kier alpha value is -1.84. The van der Waals surface area contributed by atoms with Crippen LogP contribution in [0.5, 0.6) is 0 Å². The van der Waals surface area contributed by atoms with E-state index in [9.17, 15) is 31.2 Å². The fourth-order valence-electron chi connectivity index (χ4n) is 1.19. The molecule has 1 heterocycles. The van der Waals surface area contributed by atoms with Gasteiger partial charge in [0, 0.05) is 25.7 Å². The van der Waals surface area contributed by atoms with Gasteiger partial charge in [0.15, 0.2) is 0 Å². The molecular weight excluding hydrogens is 289 g/mol. The molecule has 106 valence electrons. The van der Waals surface area contributed by atoms with Gasteiger partial charge in [-0.3, -0.25) is 9.36 Å². The van der Waals surface area contributed by atoms with E-state index in [0.717, 1.165) is 17.8 Å².